The molecule has 0 radical (unpaired) electrons. The maximum atomic E-state index is 12.5. The van der Waals surface area contributed by atoms with E-state index in [2.05, 4.69) is 10.3 Å². The second-order valence-electron chi connectivity index (χ2n) is 4.09. The van der Waals surface area contributed by atoms with E-state index in [1.807, 2.05) is 6.07 Å². The Balaban J connectivity index is 0.00000162. The van der Waals surface area contributed by atoms with Crippen LogP contribution in [0.2, 0.25) is 0 Å². The number of nitrogens with one attached hydrogen (secondary N) is 1. The molecule has 1 aromatic rings. The van der Waals surface area contributed by atoms with E-state index in [-0.39, 0.29) is 18.4 Å². The average Bonchev–Trinajstić information content (AvgIpc) is 2.29. The van der Waals surface area contributed by atoms with Gasteiger partial charge in [0.15, 0.2) is 0 Å². The number of rotatable bonds is 2. The number of halogens is 4. The van der Waals surface area contributed by atoms with Crippen molar-refractivity contribution in [1.82, 2.24) is 15.2 Å². The number of piperazine rings is 1. The largest absolute Gasteiger partial charge is 0.401 e. The van der Waals surface area contributed by atoms with E-state index in [1.165, 1.54) is 4.90 Å². The van der Waals surface area contributed by atoms with Crippen LogP contribution >= 0.6 is 12.4 Å². The second kappa shape index (κ2) is 6.36. The van der Waals surface area contributed by atoms with Crippen LogP contribution in [-0.4, -0.2) is 42.2 Å². The Morgan fingerprint density at radius 2 is 2.22 bits per heavy atom. The van der Waals surface area contributed by atoms with Crippen LogP contribution in [0.3, 0.4) is 0 Å². The number of hydrogen-bond acceptors (Lipinski definition) is 3. The highest BCUT2D eigenvalue weighted by Crippen LogP contribution is 2.26. The van der Waals surface area contributed by atoms with Crippen molar-refractivity contribution in [3.63, 3.8) is 0 Å². The fourth-order valence-corrected chi connectivity index (χ4v) is 2.07. The quantitative estimate of drug-likeness (QED) is 0.899. The van der Waals surface area contributed by atoms with Crippen LogP contribution in [0.4, 0.5) is 13.2 Å². The number of aromatic nitrogens is 1. The molecule has 1 aliphatic rings. The molecule has 18 heavy (non-hydrogen) atoms. The van der Waals surface area contributed by atoms with Gasteiger partial charge in [-0.15, -0.1) is 12.4 Å². The predicted octanol–water partition coefficient (Wildman–Crippen LogP) is 2.01. The van der Waals surface area contributed by atoms with Gasteiger partial charge in [-0.2, -0.15) is 13.2 Å². The molecule has 3 nitrogen and oxygen atoms in total. The number of pyridine rings is 1. The van der Waals surface area contributed by atoms with E-state index in [0.29, 0.717) is 19.6 Å². The summed E-state index contributed by atoms with van der Waals surface area (Å²) in [6.07, 6.45) is -0.910. The standard InChI is InChI=1S/C11H14F3N3.ClH/c12-11(13,14)8-17-5-4-16-7-10(17)9-2-1-3-15-6-9;/h1-3,6,10,16H,4-5,7-8H2;1H. The van der Waals surface area contributed by atoms with Gasteiger partial charge in [0.25, 0.3) is 0 Å². The summed E-state index contributed by atoms with van der Waals surface area (Å²) in [4.78, 5) is 5.41. The van der Waals surface area contributed by atoms with Gasteiger partial charge in [0.1, 0.15) is 0 Å². The van der Waals surface area contributed by atoms with Gasteiger partial charge < -0.3 is 5.32 Å². The molecule has 0 bridgehead atoms. The van der Waals surface area contributed by atoms with E-state index >= 15 is 0 Å². The molecule has 0 aromatic carbocycles. The third-order valence-corrected chi connectivity index (χ3v) is 2.81. The van der Waals surface area contributed by atoms with Crippen molar-refractivity contribution in [3.8, 4) is 0 Å². The highest BCUT2D eigenvalue weighted by atomic mass is 35.5. The van der Waals surface area contributed by atoms with E-state index in [0.717, 1.165) is 5.56 Å². The van der Waals surface area contributed by atoms with Crippen molar-refractivity contribution >= 4 is 12.4 Å². The summed E-state index contributed by atoms with van der Waals surface area (Å²) in [5, 5.41) is 3.11. The minimum absolute atomic E-state index is 0. The SMILES string of the molecule is Cl.FC(F)(F)CN1CCNCC1c1cccnc1. The van der Waals surface area contributed by atoms with Gasteiger partial charge in [0.05, 0.1) is 6.54 Å². The normalized spacial score (nSPS) is 21.4. The van der Waals surface area contributed by atoms with Crippen molar-refractivity contribution in [3.05, 3.63) is 30.1 Å². The Hall–Kier alpha value is -0.850. The first-order valence-corrected chi connectivity index (χ1v) is 5.48. The van der Waals surface area contributed by atoms with Crippen LogP contribution in [0.5, 0.6) is 0 Å². The highest BCUT2D eigenvalue weighted by molar-refractivity contribution is 5.85. The van der Waals surface area contributed by atoms with Gasteiger partial charge >= 0.3 is 6.18 Å². The molecule has 1 aliphatic heterocycles. The smallest absolute Gasteiger partial charge is 0.314 e. The first kappa shape index (κ1) is 15.2. The number of alkyl halides is 3. The van der Waals surface area contributed by atoms with Crippen molar-refractivity contribution in [2.75, 3.05) is 26.2 Å². The highest BCUT2D eigenvalue weighted by Gasteiger charge is 2.35. The first-order chi connectivity index (χ1) is 8.06. The van der Waals surface area contributed by atoms with Gasteiger partial charge in [-0.25, -0.2) is 0 Å². The zero-order valence-electron chi connectivity index (χ0n) is 9.65. The van der Waals surface area contributed by atoms with Crippen molar-refractivity contribution in [1.29, 1.82) is 0 Å². The average molecular weight is 282 g/mol. The van der Waals surface area contributed by atoms with Gasteiger partial charge in [0.2, 0.25) is 0 Å². The lowest BCUT2D eigenvalue weighted by Gasteiger charge is -2.36. The lowest BCUT2D eigenvalue weighted by molar-refractivity contribution is -0.152. The third-order valence-electron chi connectivity index (χ3n) is 2.81. The van der Waals surface area contributed by atoms with Crippen LogP contribution in [0.1, 0.15) is 11.6 Å². The molecule has 1 N–H and O–H groups in total. The van der Waals surface area contributed by atoms with Crippen LogP contribution in [-0.2, 0) is 0 Å². The van der Waals surface area contributed by atoms with E-state index in [9.17, 15) is 13.2 Å². The maximum Gasteiger partial charge on any atom is 0.401 e. The summed E-state index contributed by atoms with van der Waals surface area (Å²) >= 11 is 0. The molecular formula is C11H15ClF3N3. The molecular weight excluding hydrogens is 267 g/mol. The number of hydrogen-bond donors (Lipinski definition) is 1. The predicted molar refractivity (Wildman–Crippen MR) is 64.7 cm³/mol. The first-order valence-electron chi connectivity index (χ1n) is 5.48. The second-order valence-corrected chi connectivity index (χ2v) is 4.09. The molecule has 1 atom stereocenters. The lowest BCUT2D eigenvalue weighted by atomic mass is 10.1. The monoisotopic (exact) mass is 281 g/mol. The molecule has 7 heteroatoms. The summed E-state index contributed by atoms with van der Waals surface area (Å²) in [6.45, 7) is 0.655. The Kier molecular flexibility index (Phi) is 5.37. The molecule has 0 amide bonds. The van der Waals surface area contributed by atoms with Crippen LogP contribution in [0, 0.1) is 0 Å². The zero-order chi connectivity index (χ0) is 12.3. The Labute approximate surface area is 110 Å². The Morgan fingerprint density at radius 3 is 2.83 bits per heavy atom. The van der Waals surface area contributed by atoms with Crippen LogP contribution < -0.4 is 5.32 Å². The molecule has 1 unspecified atom stereocenters. The van der Waals surface area contributed by atoms with Crippen molar-refractivity contribution in [2.45, 2.75) is 12.2 Å². The minimum Gasteiger partial charge on any atom is -0.314 e. The molecule has 2 heterocycles. The topological polar surface area (TPSA) is 28.2 Å². The Morgan fingerprint density at radius 1 is 1.44 bits per heavy atom. The van der Waals surface area contributed by atoms with Crippen molar-refractivity contribution < 1.29 is 13.2 Å². The Bertz CT molecular complexity index is 358. The fraction of sp³-hybridized carbons (Fsp3) is 0.545. The van der Waals surface area contributed by atoms with E-state index in [1.54, 1.807) is 18.5 Å². The van der Waals surface area contributed by atoms with Crippen molar-refractivity contribution in [2.24, 2.45) is 0 Å². The molecule has 0 spiro atoms. The van der Waals surface area contributed by atoms with Gasteiger partial charge in [-0.3, -0.25) is 9.88 Å². The summed E-state index contributed by atoms with van der Waals surface area (Å²) in [5.74, 6) is 0. The molecule has 102 valence electrons. The summed E-state index contributed by atoms with van der Waals surface area (Å²) in [6, 6.07) is 3.31. The molecule has 0 aliphatic carbocycles. The molecule has 1 saturated heterocycles. The summed E-state index contributed by atoms with van der Waals surface area (Å²) in [5.41, 5.74) is 0.823. The lowest BCUT2D eigenvalue weighted by Crippen LogP contribution is -2.49. The van der Waals surface area contributed by atoms with Crippen LogP contribution in [0.15, 0.2) is 24.5 Å². The maximum absolute atomic E-state index is 12.5. The molecule has 1 fully saturated rings. The minimum atomic E-state index is -4.15. The van der Waals surface area contributed by atoms with Gasteiger partial charge in [-0.05, 0) is 11.6 Å². The summed E-state index contributed by atoms with van der Waals surface area (Å²) in [7, 11) is 0. The fourth-order valence-electron chi connectivity index (χ4n) is 2.07. The third kappa shape index (κ3) is 4.12. The van der Waals surface area contributed by atoms with Gasteiger partial charge in [-0.1, -0.05) is 6.07 Å². The molecule has 1 aromatic heterocycles. The number of nitrogens with zero attached hydrogens (tertiary/aromatic N) is 2. The van der Waals surface area contributed by atoms with E-state index in [4.69, 9.17) is 0 Å². The van der Waals surface area contributed by atoms with Gasteiger partial charge in [0, 0.05) is 38.1 Å². The molecule has 2 rings (SSSR count). The summed E-state index contributed by atoms with van der Waals surface area (Å²) < 4.78 is 37.4. The van der Waals surface area contributed by atoms with Crippen LogP contribution in [0.25, 0.3) is 0 Å². The zero-order valence-corrected chi connectivity index (χ0v) is 10.5. The van der Waals surface area contributed by atoms with E-state index < -0.39 is 12.7 Å². The molecule has 0 saturated carbocycles.